The topological polar surface area (TPSA) is 38.3 Å². The van der Waals surface area contributed by atoms with Gasteiger partial charge in [0, 0.05) is 6.54 Å². The fourth-order valence-corrected chi connectivity index (χ4v) is 1.95. The molecule has 1 aromatic carbocycles. The standard InChI is InChI=1S/C10H10ClNO2/c1-14-7-3-2-6-4-5-12-10(13)8(6)9(7)11/h2-3H,4-5H2,1H3,(H,12,13). The fraction of sp³-hybridized carbons (Fsp3) is 0.300. The van der Waals surface area contributed by atoms with Gasteiger partial charge in [-0.25, -0.2) is 0 Å². The second kappa shape index (κ2) is 3.50. The summed E-state index contributed by atoms with van der Waals surface area (Å²) in [4.78, 5) is 11.5. The van der Waals surface area contributed by atoms with Crippen molar-refractivity contribution in [1.82, 2.24) is 5.32 Å². The minimum atomic E-state index is -0.116. The van der Waals surface area contributed by atoms with Crippen molar-refractivity contribution >= 4 is 17.5 Å². The minimum Gasteiger partial charge on any atom is -0.495 e. The van der Waals surface area contributed by atoms with Crippen molar-refractivity contribution in [1.29, 1.82) is 0 Å². The second-order valence-corrected chi connectivity index (χ2v) is 3.50. The number of halogens is 1. The van der Waals surface area contributed by atoms with Gasteiger partial charge < -0.3 is 10.1 Å². The molecule has 1 N–H and O–H groups in total. The molecule has 0 aromatic heterocycles. The predicted molar refractivity (Wildman–Crippen MR) is 54.0 cm³/mol. The first-order valence-corrected chi connectivity index (χ1v) is 4.75. The van der Waals surface area contributed by atoms with Crippen LogP contribution in [-0.4, -0.2) is 19.6 Å². The lowest BCUT2D eigenvalue weighted by Gasteiger charge is -2.18. The Morgan fingerprint density at radius 2 is 2.29 bits per heavy atom. The minimum absolute atomic E-state index is 0.116. The zero-order valence-electron chi connectivity index (χ0n) is 7.76. The van der Waals surface area contributed by atoms with Gasteiger partial charge in [-0.15, -0.1) is 0 Å². The summed E-state index contributed by atoms with van der Waals surface area (Å²) >= 11 is 6.04. The van der Waals surface area contributed by atoms with Gasteiger partial charge in [0.25, 0.3) is 5.91 Å². The Labute approximate surface area is 87.0 Å². The van der Waals surface area contributed by atoms with Gasteiger partial charge in [-0.1, -0.05) is 17.7 Å². The number of hydrogen-bond donors (Lipinski definition) is 1. The van der Waals surface area contributed by atoms with Gasteiger partial charge in [0.05, 0.1) is 17.7 Å². The lowest BCUT2D eigenvalue weighted by molar-refractivity contribution is 0.0946. The number of fused-ring (bicyclic) bond motifs is 1. The summed E-state index contributed by atoms with van der Waals surface area (Å²) in [5.74, 6) is 0.428. The molecule has 1 aliphatic rings. The number of nitrogens with one attached hydrogen (secondary N) is 1. The van der Waals surface area contributed by atoms with E-state index in [1.807, 2.05) is 6.07 Å². The maximum absolute atomic E-state index is 11.5. The van der Waals surface area contributed by atoms with Crippen molar-refractivity contribution in [3.63, 3.8) is 0 Å². The van der Waals surface area contributed by atoms with E-state index < -0.39 is 0 Å². The van der Waals surface area contributed by atoms with E-state index in [1.54, 1.807) is 6.07 Å². The molecule has 0 saturated heterocycles. The average molecular weight is 212 g/mol. The molecule has 0 radical (unpaired) electrons. The Bertz CT molecular complexity index is 390. The van der Waals surface area contributed by atoms with Crippen LogP contribution in [0.15, 0.2) is 12.1 Å². The van der Waals surface area contributed by atoms with Crippen LogP contribution >= 0.6 is 11.6 Å². The lowest BCUT2D eigenvalue weighted by Crippen LogP contribution is -2.32. The highest BCUT2D eigenvalue weighted by molar-refractivity contribution is 6.35. The Morgan fingerprint density at radius 3 is 3.00 bits per heavy atom. The molecule has 0 aliphatic carbocycles. The first-order chi connectivity index (χ1) is 6.74. The highest BCUT2D eigenvalue weighted by atomic mass is 35.5. The number of carbonyl (C=O) groups excluding carboxylic acids is 1. The first kappa shape index (κ1) is 9.34. The van der Waals surface area contributed by atoms with Crippen LogP contribution in [0.1, 0.15) is 15.9 Å². The number of rotatable bonds is 1. The van der Waals surface area contributed by atoms with E-state index in [4.69, 9.17) is 16.3 Å². The summed E-state index contributed by atoms with van der Waals surface area (Å²) in [6.45, 7) is 0.675. The third kappa shape index (κ3) is 1.34. The van der Waals surface area contributed by atoms with E-state index in [2.05, 4.69) is 5.32 Å². The number of ether oxygens (including phenoxy) is 1. The van der Waals surface area contributed by atoms with Gasteiger partial charge in [-0.3, -0.25) is 4.79 Å². The lowest BCUT2D eigenvalue weighted by atomic mass is 10.00. The van der Waals surface area contributed by atoms with Crippen molar-refractivity contribution in [2.24, 2.45) is 0 Å². The largest absolute Gasteiger partial charge is 0.495 e. The molecule has 2 rings (SSSR count). The Balaban J connectivity index is 2.60. The van der Waals surface area contributed by atoms with Crippen LogP contribution in [0.4, 0.5) is 0 Å². The number of hydrogen-bond acceptors (Lipinski definition) is 2. The second-order valence-electron chi connectivity index (χ2n) is 3.12. The quantitative estimate of drug-likeness (QED) is 0.767. The zero-order valence-corrected chi connectivity index (χ0v) is 8.52. The van der Waals surface area contributed by atoms with Crippen LogP contribution in [0.5, 0.6) is 5.75 Å². The Kier molecular flexibility index (Phi) is 2.33. The molecule has 0 bridgehead atoms. The molecule has 1 aliphatic heterocycles. The molecular formula is C10H10ClNO2. The molecule has 1 heterocycles. The summed E-state index contributed by atoms with van der Waals surface area (Å²) in [6, 6.07) is 3.68. The van der Waals surface area contributed by atoms with Gasteiger partial charge >= 0.3 is 0 Å². The molecule has 74 valence electrons. The van der Waals surface area contributed by atoms with E-state index >= 15 is 0 Å². The highest BCUT2D eigenvalue weighted by Crippen LogP contribution is 2.31. The molecule has 4 heteroatoms. The van der Waals surface area contributed by atoms with E-state index in [-0.39, 0.29) is 5.91 Å². The molecular weight excluding hydrogens is 202 g/mol. The van der Waals surface area contributed by atoms with Crippen molar-refractivity contribution in [3.05, 3.63) is 28.3 Å². The zero-order chi connectivity index (χ0) is 10.1. The highest BCUT2D eigenvalue weighted by Gasteiger charge is 2.21. The predicted octanol–water partition coefficient (Wildman–Crippen LogP) is 1.63. The molecule has 0 fully saturated rings. The molecule has 1 aromatic rings. The van der Waals surface area contributed by atoms with Crippen molar-refractivity contribution in [2.45, 2.75) is 6.42 Å². The van der Waals surface area contributed by atoms with Crippen LogP contribution < -0.4 is 10.1 Å². The van der Waals surface area contributed by atoms with Gasteiger partial charge in [0.15, 0.2) is 0 Å². The monoisotopic (exact) mass is 211 g/mol. The number of benzene rings is 1. The van der Waals surface area contributed by atoms with Crippen molar-refractivity contribution < 1.29 is 9.53 Å². The number of methoxy groups -OCH3 is 1. The van der Waals surface area contributed by atoms with Gasteiger partial charge in [-0.05, 0) is 18.1 Å². The molecule has 0 saturated carbocycles. The van der Waals surface area contributed by atoms with Crippen LogP contribution in [-0.2, 0) is 6.42 Å². The molecule has 0 spiro atoms. The van der Waals surface area contributed by atoms with E-state index in [0.717, 1.165) is 12.0 Å². The van der Waals surface area contributed by atoms with Crippen LogP contribution in [0, 0.1) is 0 Å². The third-order valence-corrected chi connectivity index (χ3v) is 2.69. The summed E-state index contributed by atoms with van der Waals surface area (Å²) in [7, 11) is 1.54. The Morgan fingerprint density at radius 1 is 1.50 bits per heavy atom. The molecule has 14 heavy (non-hydrogen) atoms. The van der Waals surface area contributed by atoms with E-state index in [9.17, 15) is 4.79 Å². The number of carbonyl (C=O) groups is 1. The van der Waals surface area contributed by atoms with Crippen LogP contribution in [0.2, 0.25) is 5.02 Å². The van der Waals surface area contributed by atoms with Gasteiger partial charge in [0.2, 0.25) is 0 Å². The molecule has 0 atom stereocenters. The first-order valence-electron chi connectivity index (χ1n) is 4.37. The summed E-state index contributed by atoms with van der Waals surface area (Å²) in [5.41, 5.74) is 1.54. The third-order valence-electron chi connectivity index (χ3n) is 2.32. The fourth-order valence-electron chi connectivity index (χ4n) is 1.61. The maximum atomic E-state index is 11.5. The van der Waals surface area contributed by atoms with Crippen molar-refractivity contribution in [3.8, 4) is 5.75 Å². The summed E-state index contributed by atoms with van der Waals surface area (Å²) in [5, 5.41) is 3.16. The smallest absolute Gasteiger partial charge is 0.253 e. The maximum Gasteiger partial charge on any atom is 0.253 e. The molecule has 3 nitrogen and oxygen atoms in total. The summed E-state index contributed by atoms with van der Waals surface area (Å²) < 4.78 is 5.05. The normalized spacial score (nSPS) is 14.6. The number of amides is 1. The van der Waals surface area contributed by atoms with E-state index in [0.29, 0.717) is 22.9 Å². The van der Waals surface area contributed by atoms with Gasteiger partial charge in [-0.2, -0.15) is 0 Å². The van der Waals surface area contributed by atoms with Crippen LogP contribution in [0.25, 0.3) is 0 Å². The SMILES string of the molecule is COc1ccc2c(c1Cl)C(=O)NCC2. The van der Waals surface area contributed by atoms with Crippen LogP contribution in [0.3, 0.4) is 0 Å². The molecule has 0 unspecified atom stereocenters. The van der Waals surface area contributed by atoms with E-state index in [1.165, 1.54) is 7.11 Å². The summed E-state index contributed by atoms with van der Waals surface area (Å²) in [6.07, 6.45) is 0.824. The Hall–Kier alpha value is -1.22. The van der Waals surface area contributed by atoms with Crippen molar-refractivity contribution in [2.75, 3.05) is 13.7 Å². The average Bonchev–Trinajstić information content (AvgIpc) is 2.18. The van der Waals surface area contributed by atoms with Gasteiger partial charge in [0.1, 0.15) is 5.75 Å². The molecule has 1 amide bonds.